The number of halogens is 1. The van der Waals surface area contributed by atoms with Gasteiger partial charge in [-0.25, -0.2) is 9.80 Å². The lowest BCUT2D eigenvalue weighted by Crippen LogP contribution is -2.58. The number of benzene rings is 1. The average molecular weight is 511 g/mol. The van der Waals surface area contributed by atoms with Crippen LogP contribution < -0.4 is 5.01 Å². The molecule has 7 heteroatoms. The average Bonchev–Trinajstić information content (AvgIpc) is 3.18. The summed E-state index contributed by atoms with van der Waals surface area (Å²) < 4.78 is 0. The van der Waals surface area contributed by atoms with Crippen LogP contribution in [0.15, 0.2) is 64.9 Å². The second-order valence-corrected chi connectivity index (χ2v) is 10.4. The number of anilines is 1. The van der Waals surface area contributed by atoms with Gasteiger partial charge in [0.1, 0.15) is 0 Å². The molecule has 36 heavy (non-hydrogen) atoms. The zero-order valence-electron chi connectivity index (χ0n) is 21.8. The largest absolute Gasteiger partial charge is 0.341 e. The number of para-hydroxylation sites is 1. The van der Waals surface area contributed by atoms with E-state index in [-0.39, 0.29) is 11.9 Å². The van der Waals surface area contributed by atoms with Crippen molar-refractivity contribution in [3.8, 4) is 0 Å². The van der Waals surface area contributed by atoms with Gasteiger partial charge in [-0.15, -0.1) is 0 Å². The topological polar surface area (TPSA) is 47.1 Å². The molecule has 1 aliphatic carbocycles. The number of piperidine rings is 1. The van der Waals surface area contributed by atoms with Crippen LogP contribution in [-0.4, -0.2) is 59.0 Å². The fourth-order valence-corrected chi connectivity index (χ4v) is 5.57. The highest BCUT2D eigenvalue weighted by atomic mass is 35.5. The zero-order valence-corrected chi connectivity index (χ0v) is 22.6. The Hall–Kier alpha value is -2.73. The molecule has 2 unspecified atom stereocenters. The Bertz CT molecular complexity index is 1030. The smallest absolute Gasteiger partial charge is 0.340 e. The number of unbranched alkanes of at least 4 members (excludes halogenated alkanes) is 2. The summed E-state index contributed by atoms with van der Waals surface area (Å²) in [6.45, 7) is 8.74. The first-order chi connectivity index (χ1) is 17.5. The highest BCUT2D eigenvalue weighted by Gasteiger charge is 2.47. The molecule has 6 nitrogen and oxygen atoms in total. The quantitative estimate of drug-likeness (QED) is 0.411. The fourth-order valence-electron chi connectivity index (χ4n) is 5.31. The molecule has 2 aliphatic heterocycles. The van der Waals surface area contributed by atoms with Crippen molar-refractivity contribution in [2.24, 2.45) is 5.92 Å². The van der Waals surface area contributed by atoms with Crippen molar-refractivity contribution in [3.05, 3.63) is 64.9 Å². The Kier molecular flexibility index (Phi) is 8.78. The zero-order chi connectivity index (χ0) is 25.7. The fraction of sp³-hybridized carbons (Fsp3) is 0.517. The van der Waals surface area contributed by atoms with Crippen LogP contribution in [0.4, 0.5) is 10.5 Å². The van der Waals surface area contributed by atoms with Gasteiger partial charge in [-0.1, -0.05) is 74.7 Å². The normalized spacial score (nSPS) is 21.6. The highest BCUT2D eigenvalue weighted by molar-refractivity contribution is 6.33. The van der Waals surface area contributed by atoms with Crippen molar-refractivity contribution < 1.29 is 9.59 Å². The van der Waals surface area contributed by atoms with Gasteiger partial charge in [0.05, 0.1) is 16.4 Å². The molecular weight excluding hydrogens is 472 g/mol. The van der Waals surface area contributed by atoms with Gasteiger partial charge in [0.2, 0.25) is 0 Å². The van der Waals surface area contributed by atoms with Crippen LogP contribution in [0.25, 0.3) is 0 Å². The molecule has 1 fully saturated rings. The van der Waals surface area contributed by atoms with E-state index in [9.17, 15) is 9.59 Å². The van der Waals surface area contributed by atoms with Crippen LogP contribution in [-0.2, 0) is 4.79 Å². The van der Waals surface area contributed by atoms with E-state index < -0.39 is 6.04 Å². The third-order valence-electron chi connectivity index (χ3n) is 7.45. The lowest BCUT2D eigenvalue weighted by molar-refractivity contribution is -0.134. The number of rotatable bonds is 8. The van der Waals surface area contributed by atoms with Gasteiger partial charge in [-0.3, -0.25) is 9.80 Å². The lowest BCUT2D eigenvalue weighted by atomic mass is 9.85. The second kappa shape index (κ2) is 12.0. The molecule has 2 heterocycles. The SMILES string of the molecule is CCCCN(CCCC)C(=O)C1C(Cl)=C(C)N(c2ccccc2)N1C(=O)N1CCC2CC=CC=C2C1. The lowest BCUT2D eigenvalue weighted by Gasteiger charge is -2.42. The Balaban J connectivity index is 1.69. The molecule has 3 amide bonds. The van der Waals surface area contributed by atoms with Crippen molar-refractivity contribution in [3.63, 3.8) is 0 Å². The highest BCUT2D eigenvalue weighted by Crippen LogP contribution is 2.39. The van der Waals surface area contributed by atoms with E-state index in [1.165, 1.54) is 5.57 Å². The molecule has 1 saturated heterocycles. The molecule has 1 aromatic rings. The molecule has 0 bridgehead atoms. The summed E-state index contributed by atoms with van der Waals surface area (Å²) in [6.07, 6.45) is 12.2. The molecule has 194 valence electrons. The van der Waals surface area contributed by atoms with Crippen LogP contribution >= 0.6 is 11.6 Å². The molecule has 0 saturated carbocycles. The molecule has 1 aromatic carbocycles. The third-order valence-corrected chi connectivity index (χ3v) is 7.93. The van der Waals surface area contributed by atoms with Gasteiger partial charge in [-0.05, 0) is 56.2 Å². The molecule has 0 radical (unpaired) electrons. The van der Waals surface area contributed by atoms with E-state index in [1.807, 2.05) is 52.1 Å². The van der Waals surface area contributed by atoms with Crippen molar-refractivity contribution in [2.75, 3.05) is 31.2 Å². The maximum atomic E-state index is 14.2. The Labute approximate surface area is 220 Å². The number of hydrazine groups is 1. The van der Waals surface area contributed by atoms with E-state index in [1.54, 1.807) is 5.01 Å². The molecule has 0 N–H and O–H groups in total. The van der Waals surface area contributed by atoms with E-state index in [0.29, 0.717) is 37.1 Å². The Morgan fingerprint density at radius 3 is 2.44 bits per heavy atom. The minimum atomic E-state index is -0.856. The van der Waals surface area contributed by atoms with Gasteiger partial charge in [0.15, 0.2) is 6.04 Å². The van der Waals surface area contributed by atoms with Crippen LogP contribution in [0.2, 0.25) is 0 Å². The number of hydrogen-bond donors (Lipinski definition) is 0. The summed E-state index contributed by atoms with van der Waals surface area (Å²) in [6, 6.07) is 8.70. The third kappa shape index (κ3) is 5.34. The number of amides is 3. The second-order valence-electron chi connectivity index (χ2n) is 9.96. The summed E-state index contributed by atoms with van der Waals surface area (Å²) in [5.41, 5.74) is 2.82. The van der Waals surface area contributed by atoms with Crippen LogP contribution in [0, 0.1) is 5.92 Å². The summed E-state index contributed by atoms with van der Waals surface area (Å²) >= 11 is 6.93. The van der Waals surface area contributed by atoms with E-state index >= 15 is 0 Å². The van der Waals surface area contributed by atoms with Crippen molar-refractivity contribution in [1.82, 2.24) is 14.8 Å². The van der Waals surface area contributed by atoms with Crippen LogP contribution in [0.3, 0.4) is 0 Å². The monoisotopic (exact) mass is 510 g/mol. The van der Waals surface area contributed by atoms with Gasteiger partial charge in [0.25, 0.3) is 5.91 Å². The maximum Gasteiger partial charge on any atom is 0.340 e. The van der Waals surface area contributed by atoms with E-state index in [4.69, 9.17) is 11.6 Å². The first-order valence-corrected chi connectivity index (χ1v) is 13.8. The Morgan fingerprint density at radius 1 is 1.08 bits per heavy atom. The number of carbonyl (C=O) groups excluding carboxylic acids is 2. The summed E-state index contributed by atoms with van der Waals surface area (Å²) in [5, 5.41) is 3.87. The standard InChI is InChI=1S/C29H39ClN4O2/c1-4-6-18-31(19-7-5-2)28(35)27-26(30)22(3)33(25-15-9-8-10-16-25)34(27)29(36)32-20-17-23-13-11-12-14-24(23)21-32/h8-12,14-16,23,27H,4-7,13,17-21H2,1-3H3. The number of nitrogens with zero attached hydrogens (tertiary/aromatic N) is 4. The summed E-state index contributed by atoms with van der Waals surface area (Å²) in [7, 11) is 0. The van der Waals surface area contributed by atoms with Gasteiger partial charge in [0, 0.05) is 26.2 Å². The van der Waals surface area contributed by atoms with Crippen LogP contribution in [0.1, 0.15) is 59.3 Å². The molecule has 0 aromatic heterocycles. The maximum absolute atomic E-state index is 14.2. The minimum Gasteiger partial charge on any atom is -0.341 e. The Morgan fingerprint density at radius 2 is 1.78 bits per heavy atom. The van der Waals surface area contributed by atoms with Gasteiger partial charge in [-0.2, -0.15) is 0 Å². The van der Waals surface area contributed by atoms with E-state index in [2.05, 4.69) is 32.1 Å². The van der Waals surface area contributed by atoms with E-state index in [0.717, 1.165) is 49.9 Å². The predicted octanol–water partition coefficient (Wildman–Crippen LogP) is 6.32. The minimum absolute atomic E-state index is 0.0947. The van der Waals surface area contributed by atoms with Crippen molar-refractivity contribution in [2.45, 2.75) is 65.3 Å². The number of carbonyl (C=O) groups is 2. The first kappa shape index (κ1) is 26.3. The molecular formula is C29H39ClN4O2. The first-order valence-electron chi connectivity index (χ1n) is 13.4. The summed E-state index contributed by atoms with van der Waals surface area (Å²) in [4.78, 5) is 32.1. The number of urea groups is 1. The number of fused-ring (bicyclic) bond motifs is 1. The number of likely N-dealkylation sites (tertiary alicyclic amines) is 1. The number of hydrogen-bond acceptors (Lipinski definition) is 3. The molecule has 2 atom stereocenters. The van der Waals surface area contributed by atoms with Crippen molar-refractivity contribution >= 4 is 29.2 Å². The predicted molar refractivity (Wildman–Crippen MR) is 146 cm³/mol. The summed E-state index contributed by atoms with van der Waals surface area (Å²) in [5.74, 6) is 0.407. The van der Waals surface area contributed by atoms with Crippen molar-refractivity contribution in [1.29, 1.82) is 0 Å². The molecule has 3 aliphatic rings. The molecule has 0 spiro atoms. The van der Waals surface area contributed by atoms with Crippen LogP contribution in [0.5, 0.6) is 0 Å². The van der Waals surface area contributed by atoms with Gasteiger partial charge >= 0.3 is 6.03 Å². The molecule has 4 rings (SSSR count). The number of allylic oxidation sites excluding steroid dienone is 4. The van der Waals surface area contributed by atoms with Gasteiger partial charge < -0.3 is 9.80 Å².